The van der Waals surface area contributed by atoms with Crippen LogP contribution in [-0.2, 0) is 0 Å². The first-order chi connectivity index (χ1) is 10.1. The third-order valence-corrected chi connectivity index (χ3v) is 4.53. The Hall–Kier alpha value is -0.400. The molecule has 0 aromatic heterocycles. The number of halogens is 3. The summed E-state index contributed by atoms with van der Waals surface area (Å²) in [5.41, 5.74) is 0.566. The maximum Gasteiger partial charge on any atom is 0.289 e. The average Bonchev–Trinajstić information content (AvgIpc) is 2.50. The fourth-order valence-corrected chi connectivity index (χ4v) is 3.32. The molecule has 1 heterocycles. The number of nitrogens with one attached hydrogen (secondary N) is 1. The molecule has 126 valence electrons. The maximum absolute atomic E-state index is 14.2. The lowest BCUT2D eigenvalue weighted by molar-refractivity contribution is -0.118. The Kier molecular flexibility index (Phi) is 8.07. The molecular weight excluding hydrogens is 330 g/mol. The van der Waals surface area contributed by atoms with Gasteiger partial charge in [-0.3, -0.25) is 4.90 Å². The Morgan fingerprint density at radius 2 is 1.86 bits per heavy atom. The lowest BCUT2D eigenvalue weighted by Gasteiger charge is -2.38. The zero-order valence-electron chi connectivity index (χ0n) is 12.6. The molecule has 1 atom stereocenters. The summed E-state index contributed by atoms with van der Waals surface area (Å²) in [4.78, 5) is 2.84. The molecule has 0 saturated carbocycles. The van der Waals surface area contributed by atoms with E-state index >= 15 is 0 Å². The van der Waals surface area contributed by atoms with Gasteiger partial charge in [0.15, 0.2) is 0 Å². The van der Waals surface area contributed by atoms with Gasteiger partial charge in [0.2, 0.25) is 0 Å². The Morgan fingerprint density at radius 3 is 2.36 bits per heavy atom. The molecule has 0 spiro atoms. The summed E-state index contributed by atoms with van der Waals surface area (Å²) in [5.74, 6) is -2.19. The van der Waals surface area contributed by atoms with Crippen LogP contribution in [0.5, 0.6) is 0 Å². The first-order valence-corrected chi connectivity index (χ1v) is 8.23. The highest BCUT2D eigenvalue weighted by Gasteiger charge is 2.43. The van der Waals surface area contributed by atoms with Gasteiger partial charge >= 0.3 is 0 Å². The van der Waals surface area contributed by atoms with Crippen molar-refractivity contribution in [3.63, 3.8) is 0 Å². The zero-order valence-corrected chi connectivity index (χ0v) is 14.2. The molecule has 0 aliphatic carbocycles. The molecule has 2 N–H and O–H groups in total. The molecule has 1 aromatic rings. The van der Waals surface area contributed by atoms with Crippen LogP contribution in [0.4, 0.5) is 8.78 Å². The first kappa shape index (κ1) is 19.6. The van der Waals surface area contributed by atoms with Gasteiger partial charge < -0.3 is 10.4 Å². The van der Waals surface area contributed by atoms with Crippen molar-refractivity contribution in [3.05, 3.63) is 29.8 Å². The van der Waals surface area contributed by atoms with Gasteiger partial charge in [0.1, 0.15) is 12.6 Å². The topological polar surface area (TPSA) is 35.5 Å². The molecule has 1 aliphatic rings. The minimum absolute atomic E-state index is 0. The lowest BCUT2D eigenvalue weighted by atomic mass is 9.98. The average molecular weight is 353 g/mol. The van der Waals surface area contributed by atoms with Crippen molar-refractivity contribution in [2.75, 3.05) is 38.5 Å². The molecule has 1 fully saturated rings. The monoisotopic (exact) mass is 352 g/mol. The van der Waals surface area contributed by atoms with Gasteiger partial charge in [-0.2, -0.15) is 0 Å². The number of hydrogen-bond donors (Lipinski definition) is 2. The summed E-state index contributed by atoms with van der Waals surface area (Å²) in [5, 5.41) is 12.3. The summed E-state index contributed by atoms with van der Waals surface area (Å²) in [6, 6.07) is 6.21. The number of rotatable bonds is 6. The van der Waals surface area contributed by atoms with E-state index in [4.69, 9.17) is 5.11 Å². The third kappa shape index (κ3) is 4.80. The molecular formula is C15H23ClF2N2OS. The van der Waals surface area contributed by atoms with Crippen LogP contribution in [0.25, 0.3) is 0 Å². The fourth-order valence-electron chi connectivity index (χ4n) is 2.66. The van der Waals surface area contributed by atoms with Crippen molar-refractivity contribution in [1.82, 2.24) is 10.2 Å². The Balaban J connectivity index is 0.00000242. The maximum atomic E-state index is 14.2. The molecule has 22 heavy (non-hydrogen) atoms. The van der Waals surface area contributed by atoms with E-state index in [1.807, 2.05) is 12.1 Å². The van der Waals surface area contributed by atoms with Crippen LogP contribution < -0.4 is 5.32 Å². The molecule has 0 amide bonds. The number of piperazine rings is 1. The van der Waals surface area contributed by atoms with Gasteiger partial charge in [0.05, 0.1) is 0 Å². The quantitative estimate of drug-likeness (QED) is 0.772. The predicted molar refractivity (Wildman–Crippen MR) is 89.3 cm³/mol. The smallest absolute Gasteiger partial charge is 0.289 e. The standard InChI is InChI=1S/C15H22F2N2OS.ClH/c1-2-21-13-5-3-12(4-6-13)14(15(16,17)11-20)19-9-7-18-8-10-19;/h3-6,14,18,20H,2,7-11H2,1H3;1H/t14-;/m1./s1. The van der Waals surface area contributed by atoms with Crippen molar-refractivity contribution < 1.29 is 13.9 Å². The van der Waals surface area contributed by atoms with Crippen LogP contribution >= 0.6 is 24.2 Å². The van der Waals surface area contributed by atoms with Crippen LogP contribution in [0.15, 0.2) is 29.2 Å². The second-order valence-corrected chi connectivity index (χ2v) is 6.45. The van der Waals surface area contributed by atoms with Crippen molar-refractivity contribution in [2.24, 2.45) is 0 Å². The van der Waals surface area contributed by atoms with E-state index in [1.165, 1.54) is 0 Å². The van der Waals surface area contributed by atoms with Crippen molar-refractivity contribution >= 4 is 24.2 Å². The molecule has 7 heteroatoms. The summed E-state index contributed by atoms with van der Waals surface area (Å²) in [7, 11) is 0. The molecule has 1 saturated heterocycles. The van der Waals surface area contributed by atoms with Crippen LogP contribution in [-0.4, -0.2) is 54.5 Å². The molecule has 0 radical (unpaired) electrons. The van der Waals surface area contributed by atoms with Crippen molar-refractivity contribution in [3.8, 4) is 0 Å². The third-order valence-electron chi connectivity index (χ3n) is 3.63. The lowest BCUT2D eigenvalue weighted by Crippen LogP contribution is -2.51. The molecule has 0 bridgehead atoms. The van der Waals surface area contributed by atoms with Crippen LogP contribution in [0.2, 0.25) is 0 Å². The SMILES string of the molecule is CCSc1ccc([C@@H](N2CCNCC2)C(F)(F)CO)cc1.Cl. The number of alkyl halides is 2. The Bertz CT molecular complexity index is 442. The highest BCUT2D eigenvalue weighted by Crippen LogP contribution is 2.37. The second-order valence-electron chi connectivity index (χ2n) is 5.11. The number of benzene rings is 1. The van der Waals surface area contributed by atoms with Gasteiger partial charge in [0.25, 0.3) is 5.92 Å². The largest absolute Gasteiger partial charge is 0.390 e. The highest BCUT2D eigenvalue weighted by atomic mass is 35.5. The van der Waals surface area contributed by atoms with Crippen LogP contribution in [0.3, 0.4) is 0 Å². The number of aliphatic hydroxyl groups excluding tert-OH is 1. The number of thioether (sulfide) groups is 1. The van der Waals surface area contributed by atoms with E-state index in [2.05, 4.69) is 12.2 Å². The zero-order chi connectivity index (χ0) is 15.3. The normalized spacial score (nSPS) is 17.8. The van der Waals surface area contributed by atoms with E-state index in [9.17, 15) is 8.78 Å². The number of hydrogen-bond acceptors (Lipinski definition) is 4. The summed E-state index contributed by atoms with van der Waals surface area (Å²) in [6.07, 6.45) is 0. The molecule has 0 unspecified atom stereocenters. The Morgan fingerprint density at radius 1 is 1.27 bits per heavy atom. The molecule has 3 nitrogen and oxygen atoms in total. The van der Waals surface area contributed by atoms with Gasteiger partial charge in [-0.05, 0) is 23.4 Å². The minimum Gasteiger partial charge on any atom is -0.390 e. The van der Waals surface area contributed by atoms with Gasteiger partial charge in [-0.25, -0.2) is 8.78 Å². The van der Waals surface area contributed by atoms with E-state index in [0.717, 1.165) is 10.6 Å². The van der Waals surface area contributed by atoms with Crippen LogP contribution in [0, 0.1) is 0 Å². The summed E-state index contributed by atoms with van der Waals surface area (Å²) in [6.45, 7) is 3.44. The fraction of sp³-hybridized carbons (Fsp3) is 0.600. The van der Waals surface area contributed by atoms with Gasteiger partial charge in [-0.15, -0.1) is 24.2 Å². The first-order valence-electron chi connectivity index (χ1n) is 7.24. The second kappa shape index (κ2) is 9.03. The molecule has 1 aliphatic heterocycles. The van der Waals surface area contributed by atoms with Gasteiger partial charge in [0, 0.05) is 31.1 Å². The van der Waals surface area contributed by atoms with Crippen LogP contribution in [0.1, 0.15) is 18.5 Å². The summed E-state index contributed by atoms with van der Waals surface area (Å²) < 4.78 is 28.4. The van der Waals surface area contributed by atoms with E-state index < -0.39 is 18.6 Å². The predicted octanol–water partition coefficient (Wildman–Crippen LogP) is 2.79. The summed E-state index contributed by atoms with van der Waals surface area (Å²) >= 11 is 1.68. The van der Waals surface area contributed by atoms with E-state index in [1.54, 1.807) is 28.8 Å². The van der Waals surface area contributed by atoms with Gasteiger partial charge in [-0.1, -0.05) is 19.1 Å². The molecule has 2 rings (SSSR count). The highest BCUT2D eigenvalue weighted by molar-refractivity contribution is 7.99. The minimum atomic E-state index is -3.14. The van der Waals surface area contributed by atoms with Crippen molar-refractivity contribution in [2.45, 2.75) is 23.8 Å². The van der Waals surface area contributed by atoms with E-state index in [0.29, 0.717) is 31.7 Å². The van der Waals surface area contributed by atoms with E-state index in [-0.39, 0.29) is 12.4 Å². The molecule has 1 aromatic carbocycles. The number of nitrogens with zero attached hydrogens (tertiary/aromatic N) is 1. The Labute approximate surface area is 140 Å². The number of aliphatic hydroxyl groups is 1. The van der Waals surface area contributed by atoms with Crippen molar-refractivity contribution in [1.29, 1.82) is 0 Å².